The van der Waals surface area contributed by atoms with Gasteiger partial charge in [-0.25, -0.2) is 4.68 Å². The highest BCUT2D eigenvalue weighted by molar-refractivity contribution is 6.42. The van der Waals surface area contributed by atoms with Gasteiger partial charge in [0.1, 0.15) is 0 Å². The number of amides is 1. The second-order valence-corrected chi connectivity index (χ2v) is 7.29. The highest BCUT2D eigenvalue weighted by atomic mass is 35.5. The molecule has 0 saturated carbocycles. The Kier molecular flexibility index (Phi) is 5.37. The quantitative estimate of drug-likeness (QED) is 0.889. The maximum Gasteiger partial charge on any atom is 0.227 e. The first-order chi connectivity index (χ1) is 11.9. The summed E-state index contributed by atoms with van der Waals surface area (Å²) in [5.74, 6) is 0.147. The summed E-state index contributed by atoms with van der Waals surface area (Å²) in [5.41, 5.74) is 3.62. The summed E-state index contributed by atoms with van der Waals surface area (Å²) in [7, 11) is 0. The number of hydrogen-bond acceptors (Lipinski definition) is 3. The first-order valence-electron chi connectivity index (χ1n) is 8.39. The lowest BCUT2D eigenvalue weighted by atomic mass is 10.1. The van der Waals surface area contributed by atoms with Crippen molar-refractivity contribution in [2.24, 2.45) is 0 Å². The molecule has 1 saturated heterocycles. The molecule has 1 aliphatic heterocycles. The first-order valence-corrected chi connectivity index (χ1v) is 9.14. The van der Waals surface area contributed by atoms with Gasteiger partial charge in [-0.3, -0.25) is 4.79 Å². The van der Waals surface area contributed by atoms with Crippen LogP contribution < -0.4 is 5.32 Å². The van der Waals surface area contributed by atoms with Crippen molar-refractivity contribution in [2.75, 3.05) is 19.6 Å². The van der Waals surface area contributed by atoms with Crippen LogP contribution in [-0.4, -0.2) is 46.3 Å². The summed E-state index contributed by atoms with van der Waals surface area (Å²) in [6, 6.07) is 5.63. The topological polar surface area (TPSA) is 50.2 Å². The van der Waals surface area contributed by atoms with Crippen LogP contribution in [-0.2, 0) is 11.2 Å². The lowest BCUT2D eigenvalue weighted by Crippen LogP contribution is -2.52. The molecule has 0 bridgehead atoms. The van der Waals surface area contributed by atoms with Gasteiger partial charge in [-0.2, -0.15) is 5.10 Å². The van der Waals surface area contributed by atoms with Crippen LogP contribution in [0.1, 0.15) is 23.9 Å². The van der Waals surface area contributed by atoms with Gasteiger partial charge in [0, 0.05) is 36.9 Å². The van der Waals surface area contributed by atoms with Crippen molar-refractivity contribution in [3.05, 3.63) is 45.2 Å². The van der Waals surface area contributed by atoms with Crippen molar-refractivity contribution in [1.82, 2.24) is 20.0 Å². The molecule has 134 valence electrons. The van der Waals surface area contributed by atoms with Gasteiger partial charge in [-0.15, -0.1) is 0 Å². The van der Waals surface area contributed by atoms with E-state index >= 15 is 0 Å². The predicted octanol–water partition coefficient (Wildman–Crippen LogP) is 3.16. The molecule has 5 nitrogen and oxygen atoms in total. The van der Waals surface area contributed by atoms with Crippen molar-refractivity contribution < 1.29 is 4.79 Å². The lowest BCUT2D eigenvalue weighted by molar-refractivity contribution is -0.133. The fraction of sp³-hybridized carbons (Fsp3) is 0.444. The van der Waals surface area contributed by atoms with Crippen LogP contribution in [0.2, 0.25) is 10.0 Å². The highest BCUT2D eigenvalue weighted by Crippen LogP contribution is 2.26. The number of aryl methyl sites for hydroxylation is 1. The van der Waals surface area contributed by atoms with Crippen LogP contribution in [0.25, 0.3) is 5.69 Å². The zero-order valence-corrected chi connectivity index (χ0v) is 16.2. The van der Waals surface area contributed by atoms with E-state index in [1.165, 1.54) is 0 Å². The predicted molar refractivity (Wildman–Crippen MR) is 101 cm³/mol. The lowest BCUT2D eigenvalue weighted by Gasteiger charge is -2.34. The minimum absolute atomic E-state index is 0.147. The smallest absolute Gasteiger partial charge is 0.227 e. The van der Waals surface area contributed by atoms with Crippen LogP contribution in [0.4, 0.5) is 0 Å². The summed E-state index contributed by atoms with van der Waals surface area (Å²) in [4.78, 5) is 14.7. The molecule has 25 heavy (non-hydrogen) atoms. The number of benzene rings is 1. The van der Waals surface area contributed by atoms with Gasteiger partial charge in [-0.1, -0.05) is 23.2 Å². The molecule has 3 rings (SSSR count). The second-order valence-electron chi connectivity index (χ2n) is 6.48. The van der Waals surface area contributed by atoms with Gasteiger partial charge in [0.2, 0.25) is 5.91 Å². The van der Waals surface area contributed by atoms with Gasteiger partial charge in [0.05, 0.1) is 27.8 Å². The minimum Gasteiger partial charge on any atom is -0.337 e. The molecule has 0 unspecified atom stereocenters. The van der Waals surface area contributed by atoms with E-state index in [-0.39, 0.29) is 11.9 Å². The normalized spacial score (nSPS) is 17.8. The fourth-order valence-electron chi connectivity index (χ4n) is 3.26. The van der Waals surface area contributed by atoms with Crippen LogP contribution >= 0.6 is 23.2 Å². The molecule has 0 radical (unpaired) electrons. The maximum absolute atomic E-state index is 12.7. The number of nitrogens with one attached hydrogen (secondary N) is 1. The number of hydrogen-bond donors (Lipinski definition) is 1. The second kappa shape index (κ2) is 7.36. The molecule has 0 aliphatic carbocycles. The third kappa shape index (κ3) is 3.68. The Morgan fingerprint density at radius 1 is 1.32 bits per heavy atom. The molecule has 2 heterocycles. The van der Waals surface area contributed by atoms with E-state index < -0.39 is 0 Å². The van der Waals surface area contributed by atoms with Crippen molar-refractivity contribution in [3.63, 3.8) is 0 Å². The number of nitrogens with zero attached hydrogens (tertiary/aromatic N) is 3. The molecular formula is C18H22Cl2N4O. The van der Waals surface area contributed by atoms with Crippen LogP contribution in [0.15, 0.2) is 18.2 Å². The Morgan fingerprint density at radius 3 is 2.76 bits per heavy atom. The van der Waals surface area contributed by atoms with E-state index in [9.17, 15) is 4.79 Å². The third-order valence-electron chi connectivity index (χ3n) is 4.74. The number of piperazine rings is 1. The zero-order valence-electron chi connectivity index (χ0n) is 14.6. The van der Waals surface area contributed by atoms with Crippen molar-refractivity contribution in [2.45, 2.75) is 33.2 Å². The van der Waals surface area contributed by atoms with E-state index in [2.05, 4.69) is 17.3 Å². The van der Waals surface area contributed by atoms with E-state index in [0.29, 0.717) is 16.5 Å². The molecule has 1 N–H and O–H groups in total. The first kappa shape index (κ1) is 18.2. The summed E-state index contributed by atoms with van der Waals surface area (Å²) in [5, 5.41) is 8.90. The van der Waals surface area contributed by atoms with Gasteiger partial charge < -0.3 is 10.2 Å². The summed E-state index contributed by atoms with van der Waals surface area (Å²) in [6.07, 6.45) is 0.364. The molecule has 1 aromatic heterocycles. The molecular weight excluding hydrogens is 359 g/mol. The Hall–Kier alpha value is -1.56. The SMILES string of the molecule is Cc1nn(-c2ccc(Cl)c(Cl)c2)c(C)c1CC(=O)N1CCNC[C@H]1C. The van der Waals surface area contributed by atoms with Crippen molar-refractivity contribution >= 4 is 29.1 Å². The Balaban J connectivity index is 1.86. The van der Waals surface area contributed by atoms with Crippen molar-refractivity contribution in [3.8, 4) is 5.69 Å². The number of rotatable bonds is 3. The zero-order chi connectivity index (χ0) is 18.1. The number of halogens is 2. The molecule has 1 atom stereocenters. The Bertz CT molecular complexity index is 803. The van der Waals surface area contributed by atoms with Gasteiger partial charge in [0.25, 0.3) is 0 Å². The van der Waals surface area contributed by atoms with E-state index in [0.717, 1.165) is 42.3 Å². The largest absolute Gasteiger partial charge is 0.337 e. The van der Waals surface area contributed by atoms with Gasteiger partial charge in [-0.05, 0) is 39.0 Å². The van der Waals surface area contributed by atoms with Crippen LogP contribution in [0.5, 0.6) is 0 Å². The van der Waals surface area contributed by atoms with Crippen LogP contribution in [0.3, 0.4) is 0 Å². The number of carbonyl (C=O) groups is 1. The van der Waals surface area contributed by atoms with E-state index in [4.69, 9.17) is 23.2 Å². The molecule has 2 aromatic rings. The molecule has 7 heteroatoms. The molecule has 1 aliphatic rings. The Morgan fingerprint density at radius 2 is 2.08 bits per heavy atom. The molecule has 1 amide bonds. The number of carbonyl (C=O) groups excluding carboxylic acids is 1. The monoisotopic (exact) mass is 380 g/mol. The van der Waals surface area contributed by atoms with Crippen LogP contribution in [0, 0.1) is 13.8 Å². The number of aromatic nitrogens is 2. The average Bonchev–Trinajstić information content (AvgIpc) is 2.86. The van der Waals surface area contributed by atoms with Crippen molar-refractivity contribution in [1.29, 1.82) is 0 Å². The third-order valence-corrected chi connectivity index (χ3v) is 5.48. The molecule has 1 aromatic carbocycles. The van der Waals surface area contributed by atoms with E-state index in [1.54, 1.807) is 12.1 Å². The summed E-state index contributed by atoms with van der Waals surface area (Å²) in [6.45, 7) is 8.42. The maximum atomic E-state index is 12.7. The summed E-state index contributed by atoms with van der Waals surface area (Å²) < 4.78 is 1.82. The fourth-order valence-corrected chi connectivity index (χ4v) is 3.56. The standard InChI is InChI=1S/C18H22Cl2N4O/c1-11-10-21-6-7-23(11)18(25)9-15-12(2)22-24(13(15)3)14-4-5-16(19)17(20)8-14/h4-5,8,11,21H,6-7,9-10H2,1-3H3/t11-/m1/s1. The van der Waals surface area contributed by atoms with Gasteiger partial charge >= 0.3 is 0 Å². The minimum atomic E-state index is 0.147. The average molecular weight is 381 g/mol. The van der Waals surface area contributed by atoms with E-state index in [1.807, 2.05) is 29.5 Å². The summed E-state index contributed by atoms with van der Waals surface area (Å²) >= 11 is 12.1. The molecule has 1 fully saturated rings. The highest BCUT2D eigenvalue weighted by Gasteiger charge is 2.25. The molecule has 0 spiro atoms. The Labute approximate surface area is 157 Å². The van der Waals surface area contributed by atoms with Gasteiger partial charge in [0.15, 0.2) is 0 Å².